The fourth-order valence-corrected chi connectivity index (χ4v) is 2.94. The molecule has 5 nitrogen and oxygen atoms in total. The van der Waals surface area contributed by atoms with E-state index < -0.39 is 0 Å². The molecule has 1 fully saturated rings. The van der Waals surface area contributed by atoms with Gasteiger partial charge in [-0.3, -0.25) is 9.69 Å². The van der Waals surface area contributed by atoms with Crippen molar-refractivity contribution < 1.29 is 4.79 Å². The second kappa shape index (κ2) is 6.36. The molecule has 0 spiro atoms. The van der Waals surface area contributed by atoms with E-state index in [1.54, 1.807) is 6.20 Å². The summed E-state index contributed by atoms with van der Waals surface area (Å²) in [6.45, 7) is 6.50. The van der Waals surface area contributed by atoms with Crippen molar-refractivity contribution in [3.05, 3.63) is 11.1 Å². The number of anilines is 1. The SMILES string of the molecule is CC(C)C1C(=O)NCCN1Cc1cnc(N)s1.Cl. The Balaban J connectivity index is 0.00000162. The van der Waals surface area contributed by atoms with Crippen molar-refractivity contribution in [1.82, 2.24) is 15.2 Å². The number of hydrogen-bond acceptors (Lipinski definition) is 5. The third kappa shape index (κ3) is 3.34. The molecule has 0 aliphatic carbocycles. The molecule has 1 atom stereocenters. The summed E-state index contributed by atoms with van der Waals surface area (Å²) in [6, 6.07) is -0.0490. The van der Waals surface area contributed by atoms with Gasteiger partial charge in [0.05, 0.1) is 6.04 Å². The molecule has 1 aromatic heterocycles. The largest absolute Gasteiger partial charge is 0.375 e. The van der Waals surface area contributed by atoms with Crippen LogP contribution in [-0.2, 0) is 11.3 Å². The number of halogens is 1. The van der Waals surface area contributed by atoms with E-state index in [0.29, 0.717) is 11.0 Å². The molecule has 3 N–H and O–H groups in total. The van der Waals surface area contributed by atoms with Gasteiger partial charge < -0.3 is 11.1 Å². The summed E-state index contributed by atoms with van der Waals surface area (Å²) in [6.07, 6.45) is 1.80. The number of carbonyl (C=O) groups excluding carboxylic acids is 1. The monoisotopic (exact) mass is 290 g/mol. The lowest BCUT2D eigenvalue weighted by Gasteiger charge is -2.36. The molecule has 1 unspecified atom stereocenters. The average molecular weight is 291 g/mol. The molecule has 7 heteroatoms. The topological polar surface area (TPSA) is 71.2 Å². The second-order valence-electron chi connectivity index (χ2n) is 4.62. The number of rotatable bonds is 3. The molecule has 2 rings (SSSR count). The molecule has 1 aliphatic heterocycles. The lowest BCUT2D eigenvalue weighted by Crippen LogP contribution is -2.56. The van der Waals surface area contributed by atoms with E-state index in [4.69, 9.17) is 5.73 Å². The number of nitrogens with one attached hydrogen (secondary N) is 1. The minimum atomic E-state index is -0.0490. The minimum Gasteiger partial charge on any atom is -0.375 e. The molecule has 2 heterocycles. The van der Waals surface area contributed by atoms with Crippen molar-refractivity contribution in [1.29, 1.82) is 0 Å². The summed E-state index contributed by atoms with van der Waals surface area (Å²) < 4.78 is 0. The standard InChI is InChI=1S/C11H18N4OS.ClH/c1-7(2)9-10(16)13-3-4-15(9)6-8-5-14-11(12)17-8;/h5,7,9H,3-4,6H2,1-2H3,(H2,12,14)(H,13,16);1H. The van der Waals surface area contributed by atoms with Gasteiger partial charge in [-0.05, 0) is 5.92 Å². The highest BCUT2D eigenvalue weighted by Crippen LogP contribution is 2.21. The molecule has 102 valence electrons. The van der Waals surface area contributed by atoms with Crippen LogP contribution in [0.15, 0.2) is 6.20 Å². The van der Waals surface area contributed by atoms with Crippen LogP contribution in [0.5, 0.6) is 0 Å². The van der Waals surface area contributed by atoms with Crippen LogP contribution >= 0.6 is 23.7 Å². The first kappa shape index (κ1) is 15.2. The summed E-state index contributed by atoms with van der Waals surface area (Å²) in [7, 11) is 0. The molecule has 1 amide bonds. The van der Waals surface area contributed by atoms with Crippen LogP contribution in [-0.4, -0.2) is 34.9 Å². The van der Waals surface area contributed by atoms with Crippen LogP contribution in [0.2, 0.25) is 0 Å². The van der Waals surface area contributed by atoms with E-state index in [0.717, 1.165) is 24.5 Å². The van der Waals surface area contributed by atoms with Gasteiger partial charge in [-0.1, -0.05) is 13.8 Å². The van der Waals surface area contributed by atoms with Crippen molar-refractivity contribution in [3.63, 3.8) is 0 Å². The molecule has 0 saturated carbocycles. The van der Waals surface area contributed by atoms with Crippen molar-refractivity contribution in [2.45, 2.75) is 26.4 Å². The van der Waals surface area contributed by atoms with Gasteiger partial charge in [-0.25, -0.2) is 4.98 Å². The minimum absolute atomic E-state index is 0. The van der Waals surface area contributed by atoms with E-state index >= 15 is 0 Å². The maximum Gasteiger partial charge on any atom is 0.237 e. The number of nitrogens with two attached hydrogens (primary N) is 1. The summed E-state index contributed by atoms with van der Waals surface area (Å²) >= 11 is 1.49. The number of hydrogen-bond donors (Lipinski definition) is 2. The van der Waals surface area contributed by atoms with Crippen LogP contribution in [0.4, 0.5) is 5.13 Å². The zero-order valence-electron chi connectivity index (χ0n) is 10.5. The van der Waals surface area contributed by atoms with Crippen LogP contribution in [0, 0.1) is 5.92 Å². The Morgan fingerprint density at radius 3 is 2.94 bits per heavy atom. The Kier molecular flexibility index (Phi) is 5.37. The number of thiazole rings is 1. The second-order valence-corrected chi connectivity index (χ2v) is 5.76. The fourth-order valence-electron chi connectivity index (χ4n) is 2.23. The predicted molar refractivity (Wildman–Crippen MR) is 75.8 cm³/mol. The van der Waals surface area contributed by atoms with Crippen molar-refractivity contribution in [3.8, 4) is 0 Å². The van der Waals surface area contributed by atoms with Gasteiger partial charge in [0.1, 0.15) is 0 Å². The molecule has 0 radical (unpaired) electrons. The Labute approximate surface area is 117 Å². The number of piperazine rings is 1. The van der Waals surface area contributed by atoms with Gasteiger partial charge in [-0.2, -0.15) is 0 Å². The van der Waals surface area contributed by atoms with Gasteiger partial charge in [0.15, 0.2) is 5.13 Å². The predicted octanol–water partition coefficient (Wildman–Crippen LogP) is 1.10. The molecular formula is C11H19ClN4OS. The molecule has 1 aromatic rings. The number of nitrogen functional groups attached to an aromatic ring is 1. The van der Waals surface area contributed by atoms with Crippen LogP contribution in [0.25, 0.3) is 0 Å². The highest BCUT2D eigenvalue weighted by molar-refractivity contribution is 7.15. The third-order valence-corrected chi connectivity index (χ3v) is 3.73. The van der Waals surface area contributed by atoms with E-state index in [1.165, 1.54) is 11.3 Å². The number of carbonyl (C=O) groups is 1. The summed E-state index contributed by atoms with van der Waals surface area (Å²) in [4.78, 5) is 19.2. The molecule has 18 heavy (non-hydrogen) atoms. The van der Waals surface area contributed by atoms with Crippen LogP contribution in [0.3, 0.4) is 0 Å². The summed E-state index contributed by atoms with van der Waals surface area (Å²) in [5.74, 6) is 0.435. The molecule has 1 aliphatic rings. The van der Waals surface area contributed by atoms with E-state index in [2.05, 4.69) is 29.0 Å². The number of aromatic nitrogens is 1. The zero-order chi connectivity index (χ0) is 12.4. The maximum absolute atomic E-state index is 11.9. The molecular weight excluding hydrogens is 272 g/mol. The first-order chi connectivity index (χ1) is 8.08. The van der Waals surface area contributed by atoms with Gasteiger partial charge in [0, 0.05) is 30.7 Å². The van der Waals surface area contributed by atoms with Crippen LogP contribution in [0.1, 0.15) is 18.7 Å². The third-order valence-electron chi connectivity index (χ3n) is 2.92. The Morgan fingerprint density at radius 2 is 2.39 bits per heavy atom. The lowest BCUT2D eigenvalue weighted by atomic mass is 10.00. The molecule has 1 saturated heterocycles. The van der Waals surface area contributed by atoms with Crippen LogP contribution < -0.4 is 11.1 Å². The molecule has 0 bridgehead atoms. The number of amides is 1. The zero-order valence-corrected chi connectivity index (χ0v) is 12.2. The normalized spacial score (nSPS) is 20.6. The lowest BCUT2D eigenvalue weighted by molar-refractivity contribution is -0.131. The smallest absolute Gasteiger partial charge is 0.237 e. The fraction of sp³-hybridized carbons (Fsp3) is 0.636. The Morgan fingerprint density at radius 1 is 1.67 bits per heavy atom. The highest BCUT2D eigenvalue weighted by Gasteiger charge is 2.32. The Hall–Kier alpha value is -0.850. The van der Waals surface area contributed by atoms with Gasteiger partial charge in [0.25, 0.3) is 0 Å². The Bertz CT molecular complexity index is 410. The van der Waals surface area contributed by atoms with E-state index in [-0.39, 0.29) is 24.4 Å². The van der Waals surface area contributed by atoms with Gasteiger partial charge in [0.2, 0.25) is 5.91 Å². The van der Waals surface area contributed by atoms with E-state index in [9.17, 15) is 4.79 Å². The van der Waals surface area contributed by atoms with Crippen molar-refractivity contribution >= 4 is 34.8 Å². The summed E-state index contributed by atoms with van der Waals surface area (Å²) in [5.41, 5.74) is 5.62. The first-order valence-corrected chi connectivity index (χ1v) is 6.61. The first-order valence-electron chi connectivity index (χ1n) is 5.80. The molecule has 0 aromatic carbocycles. The summed E-state index contributed by atoms with van der Waals surface area (Å²) in [5, 5.41) is 3.50. The quantitative estimate of drug-likeness (QED) is 0.875. The highest BCUT2D eigenvalue weighted by atomic mass is 35.5. The maximum atomic E-state index is 11.9. The van der Waals surface area contributed by atoms with Crippen molar-refractivity contribution in [2.24, 2.45) is 5.92 Å². The van der Waals surface area contributed by atoms with Gasteiger partial charge in [-0.15, -0.1) is 23.7 Å². The van der Waals surface area contributed by atoms with Crippen molar-refractivity contribution in [2.75, 3.05) is 18.8 Å². The number of nitrogens with zero attached hydrogens (tertiary/aromatic N) is 2. The average Bonchev–Trinajstić information content (AvgIpc) is 2.63. The van der Waals surface area contributed by atoms with Gasteiger partial charge >= 0.3 is 0 Å². The van der Waals surface area contributed by atoms with E-state index in [1.807, 2.05) is 0 Å².